The number of aromatic nitrogens is 1. The molecule has 50 heavy (non-hydrogen) atoms. The monoisotopic (exact) mass is 641 g/mol. The van der Waals surface area contributed by atoms with Crippen molar-refractivity contribution < 1.29 is 0 Å². The van der Waals surface area contributed by atoms with Crippen molar-refractivity contribution in [2.24, 2.45) is 0 Å². The molecule has 9 aromatic rings. The first-order chi connectivity index (χ1) is 24.6. The summed E-state index contributed by atoms with van der Waals surface area (Å²) in [6.45, 7) is 8.53. The minimum atomic E-state index is 1.03. The topological polar surface area (TPSA) is 12.9 Å². The fraction of sp³-hybridized carbons (Fsp3) is 0.122. The molecule has 0 bridgehead atoms. The Morgan fingerprint density at radius 1 is 0.520 bits per heavy atom. The number of para-hydroxylation sites is 1. The van der Waals surface area contributed by atoms with Gasteiger partial charge in [0.1, 0.15) is 0 Å². The Labute approximate surface area is 293 Å². The van der Waals surface area contributed by atoms with Crippen molar-refractivity contribution in [3.8, 4) is 33.4 Å². The van der Waals surface area contributed by atoms with Gasteiger partial charge in [-0.05, 0) is 132 Å². The Hall–Kier alpha value is -5.79. The second-order valence-corrected chi connectivity index (χ2v) is 13.5. The van der Waals surface area contributed by atoms with Crippen LogP contribution in [0.15, 0.2) is 134 Å². The molecule has 0 fully saturated rings. The van der Waals surface area contributed by atoms with E-state index >= 15 is 0 Å². The van der Waals surface area contributed by atoms with Crippen molar-refractivity contribution in [1.29, 1.82) is 0 Å². The van der Waals surface area contributed by atoms with Gasteiger partial charge in [-0.2, -0.15) is 0 Å². The van der Waals surface area contributed by atoms with Crippen LogP contribution < -0.4 is 0 Å². The maximum Gasteiger partial charge on any atom is 0.0702 e. The molecule has 0 saturated heterocycles. The van der Waals surface area contributed by atoms with Crippen LogP contribution in [-0.2, 0) is 6.42 Å². The van der Waals surface area contributed by atoms with Crippen LogP contribution in [0.2, 0.25) is 0 Å². The molecular weight excluding hydrogens is 603 g/mol. The molecule has 0 radical (unpaired) electrons. The average molecular weight is 642 g/mol. The summed E-state index contributed by atoms with van der Waals surface area (Å²) in [6, 6.07) is 45.1. The first-order valence-electron chi connectivity index (χ1n) is 18.0. The van der Waals surface area contributed by atoms with Gasteiger partial charge in [-0.25, -0.2) is 0 Å². The van der Waals surface area contributed by atoms with Gasteiger partial charge in [0, 0.05) is 17.1 Å². The van der Waals surface area contributed by atoms with Crippen molar-refractivity contribution in [3.63, 3.8) is 0 Å². The number of rotatable bonds is 3. The second-order valence-electron chi connectivity index (χ2n) is 13.5. The highest BCUT2D eigenvalue weighted by Crippen LogP contribution is 2.48. The zero-order valence-corrected chi connectivity index (χ0v) is 29.1. The molecule has 1 aliphatic carbocycles. The molecule has 0 spiro atoms. The van der Waals surface area contributed by atoms with E-state index in [9.17, 15) is 0 Å². The molecule has 1 aliphatic rings. The van der Waals surface area contributed by atoms with Crippen LogP contribution >= 0.6 is 0 Å². The molecule has 10 rings (SSSR count). The SMILES string of the molecule is CC.Cc1cc(-c2c3c(c(-c4ccc5ccc6cccc7ccc4c5c67)c4ccccc24)C=CCC3)c(C)cc1-c1cnc2ccccc2c1. The summed E-state index contributed by atoms with van der Waals surface area (Å²) >= 11 is 0. The third-order valence-electron chi connectivity index (χ3n) is 10.7. The van der Waals surface area contributed by atoms with Gasteiger partial charge in [0.25, 0.3) is 0 Å². The lowest BCUT2D eigenvalue weighted by Crippen LogP contribution is -2.04. The predicted molar refractivity (Wildman–Crippen MR) is 217 cm³/mol. The average Bonchev–Trinajstić information content (AvgIpc) is 3.17. The summed E-state index contributed by atoms with van der Waals surface area (Å²) in [6.07, 6.45) is 8.87. The lowest BCUT2D eigenvalue weighted by Gasteiger charge is -2.26. The third kappa shape index (κ3) is 4.57. The molecule has 0 amide bonds. The zero-order chi connectivity index (χ0) is 33.9. The van der Waals surface area contributed by atoms with Gasteiger partial charge in [-0.15, -0.1) is 0 Å². The van der Waals surface area contributed by atoms with Crippen LogP contribution in [0, 0.1) is 13.8 Å². The van der Waals surface area contributed by atoms with Gasteiger partial charge in [0.15, 0.2) is 0 Å². The second kappa shape index (κ2) is 12.0. The molecule has 0 unspecified atom stereocenters. The Balaban J connectivity index is 0.00000165. The highest BCUT2D eigenvalue weighted by atomic mass is 14.6. The normalized spacial score (nSPS) is 12.6. The molecule has 1 heteroatoms. The van der Waals surface area contributed by atoms with E-state index in [-0.39, 0.29) is 0 Å². The lowest BCUT2D eigenvalue weighted by atomic mass is 9.78. The summed E-state index contributed by atoms with van der Waals surface area (Å²) in [5.74, 6) is 0. The number of hydrogen-bond donors (Lipinski definition) is 0. The van der Waals surface area contributed by atoms with Gasteiger partial charge < -0.3 is 0 Å². The van der Waals surface area contributed by atoms with E-state index in [2.05, 4.69) is 147 Å². The highest BCUT2D eigenvalue weighted by Gasteiger charge is 2.24. The smallest absolute Gasteiger partial charge is 0.0702 e. The summed E-state index contributed by atoms with van der Waals surface area (Å²) in [4.78, 5) is 4.79. The number of pyridine rings is 1. The molecule has 1 aromatic heterocycles. The van der Waals surface area contributed by atoms with Crippen molar-refractivity contribution in [2.45, 2.75) is 40.5 Å². The third-order valence-corrected chi connectivity index (χ3v) is 10.7. The van der Waals surface area contributed by atoms with Gasteiger partial charge in [-0.1, -0.05) is 135 Å². The number of nitrogens with zero attached hydrogens (tertiary/aromatic N) is 1. The fourth-order valence-corrected chi connectivity index (χ4v) is 8.55. The quantitative estimate of drug-likeness (QED) is 0.175. The molecular formula is C49H39N. The van der Waals surface area contributed by atoms with Crippen LogP contribution in [0.1, 0.15) is 42.5 Å². The van der Waals surface area contributed by atoms with Crippen molar-refractivity contribution in [2.75, 3.05) is 0 Å². The maximum absolute atomic E-state index is 4.79. The number of aryl methyl sites for hydroxylation is 2. The molecule has 0 N–H and O–H groups in total. The van der Waals surface area contributed by atoms with E-state index in [1.165, 1.54) is 104 Å². The van der Waals surface area contributed by atoms with E-state index in [0.29, 0.717) is 0 Å². The van der Waals surface area contributed by atoms with E-state index < -0.39 is 0 Å². The lowest BCUT2D eigenvalue weighted by molar-refractivity contribution is 0.991. The van der Waals surface area contributed by atoms with Crippen molar-refractivity contribution >= 4 is 60.1 Å². The number of allylic oxidation sites excluding steroid dienone is 1. The van der Waals surface area contributed by atoms with E-state index in [1.54, 1.807) is 0 Å². The maximum atomic E-state index is 4.79. The Kier molecular flexibility index (Phi) is 7.25. The van der Waals surface area contributed by atoms with Gasteiger partial charge in [0.05, 0.1) is 5.52 Å². The van der Waals surface area contributed by atoms with Crippen LogP contribution in [0.25, 0.3) is 93.4 Å². The molecule has 0 aliphatic heterocycles. The number of benzene rings is 8. The van der Waals surface area contributed by atoms with E-state index in [0.717, 1.165) is 18.4 Å². The predicted octanol–water partition coefficient (Wildman–Crippen LogP) is 13.9. The minimum absolute atomic E-state index is 1.03. The summed E-state index contributed by atoms with van der Waals surface area (Å²) in [7, 11) is 0. The molecule has 1 heterocycles. The first kappa shape index (κ1) is 30.3. The summed E-state index contributed by atoms with van der Waals surface area (Å²) in [5, 5.41) is 11.8. The zero-order valence-electron chi connectivity index (χ0n) is 29.1. The van der Waals surface area contributed by atoms with E-state index in [4.69, 9.17) is 4.98 Å². The standard InChI is InChI=1S/C47H33N.C2H6/c1-28-25-42(29(2)24-41(28)34-26-33-10-3-8-17-43(33)48-27-34)47-37-15-6-4-13-35(37)46(36-14-5-7-16-38(36)47)40-23-21-32-19-18-30-11-9-12-31-20-22-39(40)45(32)44(30)31;1-2/h3-6,8-15,17-27H,7,16H2,1-2H3;1-2H3. The summed E-state index contributed by atoms with van der Waals surface area (Å²) < 4.78 is 0. The Morgan fingerprint density at radius 3 is 1.98 bits per heavy atom. The van der Waals surface area contributed by atoms with Gasteiger partial charge in [-0.3, -0.25) is 4.98 Å². The van der Waals surface area contributed by atoms with Gasteiger partial charge in [0.2, 0.25) is 0 Å². The largest absolute Gasteiger partial charge is 0.256 e. The van der Waals surface area contributed by atoms with Crippen LogP contribution in [0.4, 0.5) is 0 Å². The Morgan fingerprint density at radius 2 is 1.16 bits per heavy atom. The molecule has 240 valence electrons. The molecule has 8 aromatic carbocycles. The van der Waals surface area contributed by atoms with E-state index in [1.807, 2.05) is 20.0 Å². The number of fused-ring (bicyclic) bond motifs is 3. The van der Waals surface area contributed by atoms with Crippen molar-refractivity contribution in [1.82, 2.24) is 4.98 Å². The molecule has 0 atom stereocenters. The Bertz CT molecular complexity index is 2780. The number of hydrogen-bond acceptors (Lipinski definition) is 1. The first-order valence-corrected chi connectivity index (χ1v) is 18.0. The van der Waals surface area contributed by atoms with Crippen LogP contribution in [-0.4, -0.2) is 4.98 Å². The minimum Gasteiger partial charge on any atom is -0.256 e. The molecule has 0 saturated carbocycles. The summed E-state index contributed by atoms with van der Waals surface area (Å²) in [5.41, 5.74) is 14.2. The van der Waals surface area contributed by atoms with Crippen molar-refractivity contribution in [3.05, 3.63) is 156 Å². The fourth-order valence-electron chi connectivity index (χ4n) is 8.55. The van der Waals surface area contributed by atoms with Crippen LogP contribution in [0.5, 0.6) is 0 Å². The van der Waals surface area contributed by atoms with Crippen LogP contribution in [0.3, 0.4) is 0 Å². The molecule has 1 nitrogen and oxygen atoms in total. The van der Waals surface area contributed by atoms with Gasteiger partial charge >= 0.3 is 0 Å². The highest BCUT2D eigenvalue weighted by molar-refractivity contribution is 6.27.